The number of fused-ring (bicyclic) bond motifs is 1. The molecule has 0 spiro atoms. The maximum atomic E-state index is 11.3. The number of aliphatic hydroxyl groups is 1. The lowest BCUT2D eigenvalue weighted by Gasteiger charge is -2.27. The van der Waals surface area contributed by atoms with Crippen molar-refractivity contribution in [3.05, 3.63) is 35.5 Å². The molecule has 1 aromatic heterocycles. The van der Waals surface area contributed by atoms with Crippen LogP contribution in [0.2, 0.25) is 0 Å². The Bertz CT molecular complexity index is 672. The highest BCUT2D eigenvalue weighted by Gasteiger charge is 2.23. The molecule has 0 unspecified atom stereocenters. The second-order valence-corrected chi connectivity index (χ2v) is 5.86. The Kier molecular flexibility index (Phi) is 4.45. The third-order valence-corrected chi connectivity index (χ3v) is 4.46. The predicted octanol–water partition coefficient (Wildman–Crippen LogP) is 1.69. The molecular weight excluding hydrogens is 278 g/mol. The van der Waals surface area contributed by atoms with Crippen LogP contribution in [0.4, 0.5) is 0 Å². The van der Waals surface area contributed by atoms with Crippen molar-refractivity contribution in [1.29, 1.82) is 0 Å². The first kappa shape index (κ1) is 15.1. The first-order valence-corrected chi connectivity index (χ1v) is 7.89. The van der Waals surface area contributed by atoms with Crippen LogP contribution < -0.4 is 10.6 Å². The number of benzene rings is 1. The van der Waals surface area contributed by atoms with E-state index in [1.54, 1.807) is 0 Å². The average molecular weight is 301 g/mol. The van der Waals surface area contributed by atoms with Gasteiger partial charge in [-0.05, 0) is 32.0 Å². The summed E-state index contributed by atoms with van der Waals surface area (Å²) in [5.74, 6) is -0.0500. The van der Waals surface area contributed by atoms with Gasteiger partial charge in [-0.2, -0.15) is 0 Å². The molecule has 0 saturated carbocycles. The fourth-order valence-corrected chi connectivity index (χ4v) is 3.44. The predicted molar refractivity (Wildman–Crippen MR) is 86.5 cm³/mol. The van der Waals surface area contributed by atoms with Crippen LogP contribution >= 0.6 is 0 Å². The number of nitrogens with zero attached hydrogens (tertiary/aromatic N) is 1. The molecule has 5 nitrogen and oxygen atoms in total. The van der Waals surface area contributed by atoms with Gasteiger partial charge in [0.2, 0.25) is 5.91 Å². The Morgan fingerprint density at radius 2 is 2.09 bits per heavy atom. The Morgan fingerprint density at radius 1 is 1.36 bits per heavy atom. The zero-order chi connectivity index (χ0) is 15.5. The van der Waals surface area contributed by atoms with Crippen LogP contribution in [0.3, 0.4) is 0 Å². The van der Waals surface area contributed by atoms with Crippen molar-refractivity contribution in [3.63, 3.8) is 0 Å². The number of rotatable bonds is 4. The van der Waals surface area contributed by atoms with E-state index in [1.165, 1.54) is 6.92 Å². The van der Waals surface area contributed by atoms with Crippen molar-refractivity contribution in [1.82, 2.24) is 15.2 Å². The summed E-state index contributed by atoms with van der Waals surface area (Å²) in [4.78, 5) is 11.3. The maximum absolute atomic E-state index is 11.3. The molecule has 0 aliphatic carbocycles. The topological polar surface area (TPSA) is 66.3 Å². The van der Waals surface area contributed by atoms with Crippen LogP contribution in [0.15, 0.2) is 24.3 Å². The van der Waals surface area contributed by atoms with Crippen LogP contribution in [0.5, 0.6) is 0 Å². The van der Waals surface area contributed by atoms with Crippen molar-refractivity contribution >= 4 is 16.8 Å². The van der Waals surface area contributed by atoms with E-state index in [0.717, 1.165) is 48.1 Å². The first-order chi connectivity index (χ1) is 10.7. The average Bonchev–Trinajstić information content (AvgIpc) is 2.87. The minimum Gasteiger partial charge on any atom is -0.392 e. The normalized spacial score (nSPS) is 16.1. The number of amides is 1. The number of carbonyl (C=O) groups excluding carboxylic acids is 1. The highest BCUT2D eigenvalue weighted by molar-refractivity contribution is 5.86. The molecule has 1 fully saturated rings. The SMILES string of the molecule is CC(=O)NCc1c(CO)c2ccccc2n1C1CCNCC1. The molecular formula is C17H23N3O2. The number of carbonyl (C=O) groups is 1. The Hall–Kier alpha value is -1.85. The van der Waals surface area contributed by atoms with E-state index in [0.29, 0.717) is 12.6 Å². The molecule has 5 heteroatoms. The largest absolute Gasteiger partial charge is 0.392 e. The monoisotopic (exact) mass is 301 g/mol. The summed E-state index contributed by atoms with van der Waals surface area (Å²) < 4.78 is 2.33. The second kappa shape index (κ2) is 6.50. The number of piperidine rings is 1. The zero-order valence-electron chi connectivity index (χ0n) is 12.9. The number of para-hydroxylation sites is 1. The van der Waals surface area contributed by atoms with Gasteiger partial charge < -0.3 is 20.3 Å². The van der Waals surface area contributed by atoms with Crippen LogP contribution in [0.1, 0.15) is 37.1 Å². The fraction of sp³-hybridized carbons (Fsp3) is 0.471. The van der Waals surface area contributed by atoms with E-state index in [2.05, 4.69) is 27.3 Å². The Labute approximate surface area is 130 Å². The van der Waals surface area contributed by atoms with Gasteiger partial charge in [0.15, 0.2) is 0 Å². The molecule has 2 heterocycles. The van der Waals surface area contributed by atoms with Crippen molar-refractivity contribution in [3.8, 4) is 0 Å². The van der Waals surface area contributed by atoms with Gasteiger partial charge in [-0.25, -0.2) is 0 Å². The minimum atomic E-state index is -0.0500. The van der Waals surface area contributed by atoms with Crippen LogP contribution in [0, 0.1) is 0 Å². The van der Waals surface area contributed by atoms with Crippen molar-refractivity contribution in [2.24, 2.45) is 0 Å². The smallest absolute Gasteiger partial charge is 0.217 e. The number of aliphatic hydroxyl groups excluding tert-OH is 1. The lowest BCUT2D eigenvalue weighted by molar-refractivity contribution is -0.119. The van der Waals surface area contributed by atoms with E-state index in [-0.39, 0.29) is 12.5 Å². The molecule has 118 valence electrons. The molecule has 1 aliphatic heterocycles. The van der Waals surface area contributed by atoms with E-state index in [1.807, 2.05) is 12.1 Å². The van der Waals surface area contributed by atoms with Crippen LogP contribution in [-0.2, 0) is 17.9 Å². The summed E-state index contributed by atoms with van der Waals surface area (Å²) in [6, 6.07) is 8.60. The molecule has 0 atom stereocenters. The molecule has 2 aromatic rings. The number of hydrogen-bond donors (Lipinski definition) is 3. The molecule has 0 radical (unpaired) electrons. The lowest BCUT2D eigenvalue weighted by Crippen LogP contribution is -2.31. The highest BCUT2D eigenvalue weighted by Crippen LogP contribution is 2.32. The molecule has 1 saturated heterocycles. The summed E-state index contributed by atoms with van der Waals surface area (Å²) in [5, 5.41) is 17.2. The number of nitrogens with one attached hydrogen (secondary N) is 2. The molecule has 1 aromatic carbocycles. The first-order valence-electron chi connectivity index (χ1n) is 7.89. The number of hydrogen-bond acceptors (Lipinski definition) is 3. The fourth-order valence-electron chi connectivity index (χ4n) is 3.44. The van der Waals surface area contributed by atoms with Gasteiger partial charge in [0.05, 0.1) is 13.2 Å². The molecule has 1 aliphatic rings. The van der Waals surface area contributed by atoms with Crippen molar-refractivity contribution in [2.45, 2.75) is 39.0 Å². The van der Waals surface area contributed by atoms with Crippen LogP contribution in [0.25, 0.3) is 10.9 Å². The third kappa shape index (κ3) is 2.74. The number of aromatic nitrogens is 1. The van der Waals surface area contributed by atoms with E-state index in [9.17, 15) is 9.90 Å². The van der Waals surface area contributed by atoms with Gasteiger partial charge >= 0.3 is 0 Å². The van der Waals surface area contributed by atoms with Crippen molar-refractivity contribution in [2.75, 3.05) is 13.1 Å². The maximum Gasteiger partial charge on any atom is 0.217 e. The van der Waals surface area contributed by atoms with Crippen LogP contribution in [-0.4, -0.2) is 28.7 Å². The van der Waals surface area contributed by atoms with E-state index in [4.69, 9.17) is 0 Å². The Balaban J connectivity index is 2.12. The minimum absolute atomic E-state index is 0.00655. The van der Waals surface area contributed by atoms with Gasteiger partial charge in [0, 0.05) is 35.1 Å². The second-order valence-electron chi connectivity index (χ2n) is 5.86. The summed E-state index contributed by atoms with van der Waals surface area (Å²) in [5.41, 5.74) is 3.12. The summed E-state index contributed by atoms with van der Waals surface area (Å²) in [6.07, 6.45) is 2.13. The van der Waals surface area contributed by atoms with Gasteiger partial charge in [0.25, 0.3) is 0 Å². The summed E-state index contributed by atoms with van der Waals surface area (Å²) in [7, 11) is 0. The van der Waals surface area contributed by atoms with Gasteiger partial charge in [-0.15, -0.1) is 0 Å². The van der Waals surface area contributed by atoms with Gasteiger partial charge in [-0.3, -0.25) is 4.79 Å². The highest BCUT2D eigenvalue weighted by atomic mass is 16.3. The molecule has 22 heavy (non-hydrogen) atoms. The van der Waals surface area contributed by atoms with E-state index >= 15 is 0 Å². The van der Waals surface area contributed by atoms with Gasteiger partial charge in [0.1, 0.15) is 0 Å². The quantitative estimate of drug-likeness (QED) is 0.805. The molecule has 3 N–H and O–H groups in total. The Morgan fingerprint density at radius 3 is 2.77 bits per heavy atom. The molecule has 0 bridgehead atoms. The standard InChI is InChI=1S/C17H23N3O2/c1-12(22)19-10-17-15(11-21)14-4-2-3-5-16(14)20(17)13-6-8-18-9-7-13/h2-5,13,18,21H,6-11H2,1H3,(H,19,22). The summed E-state index contributed by atoms with van der Waals surface area (Å²) in [6.45, 7) is 3.99. The summed E-state index contributed by atoms with van der Waals surface area (Å²) >= 11 is 0. The lowest BCUT2D eigenvalue weighted by atomic mass is 10.1. The van der Waals surface area contributed by atoms with Gasteiger partial charge in [-0.1, -0.05) is 18.2 Å². The molecule has 3 rings (SSSR count). The van der Waals surface area contributed by atoms with E-state index < -0.39 is 0 Å². The zero-order valence-corrected chi connectivity index (χ0v) is 12.9. The third-order valence-electron chi connectivity index (χ3n) is 4.46. The molecule has 1 amide bonds. The van der Waals surface area contributed by atoms with Crippen molar-refractivity contribution < 1.29 is 9.90 Å².